The number of guanidine groups is 1. The highest BCUT2D eigenvalue weighted by atomic mass is 35.5. The fraction of sp³-hybridized carbons (Fsp3) is 0.333. The minimum atomic E-state index is -0.331. The molecule has 10 heteroatoms. The van der Waals surface area contributed by atoms with Gasteiger partial charge in [0.1, 0.15) is 5.56 Å². The van der Waals surface area contributed by atoms with Gasteiger partial charge < -0.3 is 10.2 Å². The van der Waals surface area contributed by atoms with E-state index in [0.717, 1.165) is 18.8 Å². The molecule has 0 saturated carbocycles. The number of hydrogen-bond acceptors (Lipinski definition) is 7. The maximum absolute atomic E-state index is 13.2. The third kappa shape index (κ3) is 4.43. The average Bonchev–Trinajstić information content (AvgIpc) is 3.33. The van der Waals surface area contributed by atoms with Crippen LogP contribution in [0.15, 0.2) is 41.4 Å². The van der Waals surface area contributed by atoms with Crippen molar-refractivity contribution in [2.45, 2.75) is 25.7 Å². The number of carbonyl (C=O) groups is 1. The van der Waals surface area contributed by atoms with Gasteiger partial charge in [-0.1, -0.05) is 35.3 Å². The lowest BCUT2D eigenvalue weighted by molar-refractivity contribution is 0.0974. The first-order valence-corrected chi connectivity index (χ1v) is 13.2. The summed E-state index contributed by atoms with van der Waals surface area (Å²) in [6, 6.07) is 11.6. The number of rotatable bonds is 4. The Morgan fingerprint density at radius 2 is 1.78 bits per heavy atom. The highest BCUT2D eigenvalue weighted by Crippen LogP contribution is 2.40. The number of anilines is 3. The molecule has 0 atom stereocenters. The Morgan fingerprint density at radius 3 is 2.51 bits per heavy atom. The van der Waals surface area contributed by atoms with Crippen molar-refractivity contribution in [1.29, 1.82) is 0 Å². The molecule has 1 amide bonds. The summed E-state index contributed by atoms with van der Waals surface area (Å²) in [6.07, 6.45) is 2.34. The summed E-state index contributed by atoms with van der Waals surface area (Å²) in [4.78, 5) is 31.4. The number of nitrogens with one attached hydrogen (secondary N) is 2. The largest absolute Gasteiger partial charge is 0.324 e. The van der Waals surface area contributed by atoms with Crippen LogP contribution in [0.4, 0.5) is 17.5 Å². The molecule has 3 aromatic rings. The molecule has 1 aromatic heterocycles. The summed E-state index contributed by atoms with van der Waals surface area (Å²) in [6.45, 7) is 5.57. The quantitative estimate of drug-likeness (QED) is 0.475. The summed E-state index contributed by atoms with van der Waals surface area (Å²) in [5.41, 5.74) is 4.71. The van der Waals surface area contributed by atoms with Crippen molar-refractivity contribution in [3.8, 4) is 11.3 Å². The first-order valence-electron chi connectivity index (χ1n) is 12.4. The summed E-state index contributed by atoms with van der Waals surface area (Å²) >= 11 is 13.1. The van der Waals surface area contributed by atoms with E-state index in [1.807, 2.05) is 4.90 Å². The van der Waals surface area contributed by atoms with Crippen molar-refractivity contribution in [3.05, 3.63) is 63.1 Å². The molecule has 3 aliphatic heterocycles. The molecule has 8 nitrogen and oxygen atoms in total. The number of benzene rings is 2. The van der Waals surface area contributed by atoms with Gasteiger partial charge in [-0.3, -0.25) is 20.0 Å². The monoisotopic (exact) mass is 535 g/mol. The van der Waals surface area contributed by atoms with Crippen LogP contribution >= 0.6 is 23.2 Å². The van der Waals surface area contributed by atoms with Crippen LogP contribution in [0.3, 0.4) is 0 Å². The van der Waals surface area contributed by atoms with Crippen LogP contribution in [0.2, 0.25) is 10.0 Å². The van der Waals surface area contributed by atoms with Crippen molar-refractivity contribution in [3.63, 3.8) is 0 Å². The number of nitrogens with zero attached hydrogens (tertiary/aromatic N) is 5. The van der Waals surface area contributed by atoms with Crippen LogP contribution in [0, 0.1) is 6.92 Å². The van der Waals surface area contributed by atoms with Crippen LogP contribution in [-0.4, -0.2) is 60.0 Å². The molecule has 2 aromatic carbocycles. The Labute approximate surface area is 225 Å². The lowest BCUT2D eigenvalue weighted by atomic mass is 9.87. The maximum Gasteiger partial charge on any atom is 0.263 e. The Morgan fingerprint density at radius 1 is 1.03 bits per heavy atom. The Balaban J connectivity index is 1.41. The lowest BCUT2D eigenvalue weighted by Crippen LogP contribution is -2.48. The fourth-order valence-electron chi connectivity index (χ4n) is 5.40. The minimum Gasteiger partial charge on any atom is -0.324 e. The standard InChI is InChI=1S/C27H27Cl2N7O/c1-15-14-17(6-7-18(15)16-8-11-35(2)12-9-16)31-26-32-23(21-19(28)4-3-5-20(21)29)22-24(33-26)36-13-10-30-27(36)34-25(22)37/h3-7,14,16H,8-13H2,1-2H3,(H,30,34,37)(H,31,32,33). The molecule has 0 bridgehead atoms. The number of carbonyl (C=O) groups excluding carboxylic acids is 1. The van der Waals surface area contributed by atoms with Gasteiger partial charge in [0.2, 0.25) is 11.9 Å². The van der Waals surface area contributed by atoms with Crippen LogP contribution in [0.5, 0.6) is 0 Å². The number of aromatic nitrogens is 2. The van der Waals surface area contributed by atoms with Crippen LogP contribution < -0.4 is 15.5 Å². The van der Waals surface area contributed by atoms with Crippen LogP contribution in [-0.2, 0) is 0 Å². The van der Waals surface area contributed by atoms with Gasteiger partial charge in [0.05, 0.1) is 22.3 Å². The molecule has 1 fully saturated rings. The summed E-state index contributed by atoms with van der Waals surface area (Å²) < 4.78 is 0. The summed E-state index contributed by atoms with van der Waals surface area (Å²) in [5.74, 6) is 1.59. The van der Waals surface area contributed by atoms with Crippen molar-refractivity contribution < 1.29 is 4.79 Å². The number of likely N-dealkylation sites (tertiary alicyclic amines) is 1. The molecule has 2 N–H and O–H groups in total. The predicted molar refractivity (Wildman–Crippen MR) is 149 cm³/mol. The number of fused-ring (bicyclic) bond motifs is 3. The smallest absolute Gasteiger partial charge is 0.263 e. The lowest BCUT2D eigenvalue weighted by Gasteiger charge is -2.30. The van der Waals surface area contributed by atoms with E-state index in [9.17, 15) is 4.79 Å². The molecule has 0 unspecified atom stereocenters. The van der Waals surface area contributed by atoms with Gasteiger partial charge in [0, 0.05) is 17.8 Å². The molecule has 6 rings (SSSR count). The van der Waals surface area contributed by atoms with E-state index in [4.69, 9.17) is 33.2 Å². The molecule has 0 aliphatic carbocycles. The molecule has 3 aliphatic rings. The van der Waals surface area contributed by atoms with Crippen molar-refractivity contribution >= 4 is 52.5 Å². The molecule has 0 radical (unpaired) electrons. The first kappa shape index (κ1) is 24.2. The van der Waals surface area contributed by atoms with Gasteiger partial charge in [-0.05, 0) is 81.2 Å². The first-order chi connectivity index (χ1) is 17.9. The number of aryl methyl sites for hydroxylation is 1. The second-order valence-electron chi connectivity index (χ2n) is 9.78. The Bertz CT molecular complexity index is 1410. The fourth-order valence-corrected chi connectivity index (χ4v) is 5.98. The van der Waals surface area contributed by atoms with Gasteiger partial charge in [-0.25, -0.2) is 4.98 Å². The molecule has 37 heavy (non-hydrogen) atoms. The normalized spacial score (nSPS) is 17.8. The Hall–Kier alpha value is -3.20. The van der Waals surface area contributed by atoms with E-state index in [-0.39, 0.29) is 5.91 Å². The zero-order valence-corrected chi connectivity index (χ0v) is 22.2. The van der Waals surface area contributed by atoms with Crippen molar-refractivity contribution in [2.24, 2.45) is 4.99 Å². The SMILES string of the molecule is Cc1cc(Nc2nc(-c3c(Cl)cccc3Cl)c3c(n2)N2CCN=C2NC3=O)ccc1C1CCN(C)CC1. The van der Waals surface area contributed by atoms with Crippen molar-refractivity contribution in [1.82, 2.24) is 20.2 Å². The summed E-state index contributed by atoms with van der Waals surface area (Å²) in [5, 5.41) is 7.03. The molecule has 4 heterocycles. The molecule has 1 saturated heterocycles. The zero-order valence-electron chi connectivity index (χ0n) is 20.7. The maximum atomic E-state index is 13.2. The molecular weight excluding hydrogens is 509 g/mol. The van der Waals surface area contributed by atoms with Gasteiger partial charge in [-0.15, -0.1) is 0 Å². The van der Waals surface area contributed by atoms with Gasteiger partial charge in [0.25, 0.3) is 5.91 Å². The van der Waals surface area contributed by atoms with Crippen LogP contribution in [0.25, 0.3) is 11.3 Å². The topological polar surface area (TPSA) is 85.7 Å². The van der Waals surface area contributed by atoms with E-state index in [2.05, 4.69) is 52.7 Å². The van der Waals surface area contributed by atoms with Gasteiger partial charge in [-0.2, -0.15) is 4.98 Å². The van der Waals surface area contributed by atoms with E-state index >= 15 is 0 Å². The van der Waals surface area contributed by atoms with E-state index in [0.29, 0.717) is 63.6 Å². The molecule has 0 spiro atoms. The van der Waals surface area contributed by atoms with Crippen LogP contribution in [0.1, 0.15) is 40.2 Å². The zero-order chi connectivity index (χ0) is 25.7. The van der Waals surface area contributed by atoms with E-state index < -0.39 is 0 Å². The number of amides is 1. The third-order valence-corrected chi connectivity index (χ3v) is 7.95. The minimum absolute atomic E-state index is 0.329. The number of hydrogen-bond donors (Lipinski definition) is 2. The number of piperidine rings is 1. The summed E-state index contributed by atoms with van der Waals surface area (Å²) in [7, 11) is 2.18. The highest BCUT2D eigenvalue weighted by molar-refractivity contribution is 6.39. The molecular formula is C27H27Cl2N7O. The van der Waals surface area contributed by atoms with E-state index in [1.54, 1.807) is 18.2 Å². The van der Waals surface area contributed by atoms with Crippen molar-refractivity contribution in [2.75, 3.05) is 43.4 Å². The molecule has 190 valence electrons. The number of aliphatic imine (C=N–C) groups is 1. The Kier molecular flexibility index (Phi) is 6.26. The predicted octanol–water partition coefficient (Wildman–Crippen LogP) is 5.23. The second-order valence-corrected chi connectivity index (χ2v) is 10.6. The van der Waals surface area contributed by atoms with Gasteiger partial charge in [0.15, 0.2) is 5.82 Å². The van der Waals surface area contributed by atoms with Gasteiger partial charge >= 0.3 is 0 Å². The highest BCUT2D eigenvalue weighted by Gasteiger charge is 2.36. The van der Waals surface area contributed by atoms with E-state index in [1.165, 1.54) is 24.0 Å². The second kappa shape index (κ2) is 9.59. The average molecular weight is 536 g/mol. The number of halogens is 2. The third-order valence-electron chi connectivity index (χ3n) is 7.32.